The molecule has 0 aliphatic heterocycles. The minimum atomic E-state index is -0.296. The van der Waals surface area contributed by atoms with Crippen LogP contribution in [0.1, 0.15) is 32.6 Å². The maximum Gasteiger partial charge on any atom is 0.330 e. The van der Waals surface area contributed by atoms with Gasteiger partial charge < -0.3 is 4.74 Å². The monoisotopic (exact) mass is 214 g/mol. The number of halogens is 1. The summed E-state index contributed by atoms with van der Waals surface area (Å²) in [7, 11) is 0. The van der Waals surface area contributed by atoms with Crippen molar-refractivity contribution in [3.8, 4) is 0 Å². The van der Waals surface area contributed by atoms with Crippen molar-refractivity contribution in [2.75, 3.05) is 6.61 Å². The van der Waals surface area contributed by atoms with Crippen molar-refractivity contribution in [2.24, 2.45) is 0 Å². The van der Waals surface area contributed by atoms with E-state index in [0.717, 1.165) is 36.3 Å². The number of carbonyl (C=O) groups is 1. The van der Waals surface area contributed by atoms with Gasteiger partial charge in [-0.25, -0.2) is 4.79 Å². The molecular formula is C11H15ClO2. The first-order valence-corrected chi connectivity index (χ1v) is 5.34. The molecule has 0 unspecified atom stereocenters. The molecule has 1 aliphatic carbocycles. The molecule has 0 bridgehead atoms. The second-order valence-electron chi connectivity index (χ2n) is 3.22. The van der Waals surface area contributed by atoms with Gasteiger partial charge in [-0.2, -0.15) is 0 Å². The van der Waals surface area contributed by atoms with Crippen LogP contribution in [0, 0.1) is 0 Å². The lowest BCUT2D eigenvalue weighted by Gasteiger charge is -2.12. The second kappa shape index (κ2) is 5.86. The van der Waals surface area contributed by atoms with Crippen molar-refractivity contribution in [2.45, 2.75) is 32.6 Å². The summed E-state index contributed by atoms with van der Waals surface area (Å²) in [6.07, 6.45) is 7.43. The van der Waals surface area contributed by atoms with Gasteiger partial charge in [0.1, 0.15) is 0 Å². The quantitative estimate of drug-likeness (QED) is 0.533. The first-order valence-electron chi connectivity index (χ1n) is 4.96. The molecule has 0 saturated carbocycles. The minimum absolute atomic E-state index is 0.296. The molecule has 0 radical (unpaired) electrons. The van der Waals surface area contributed by atoms with Gasteiger partial charge in [0.25, 0.3) is 0 Å². The lowest BCUT2D eigenvalue weighted by Crippen LogP contribution is -2.00. The predicted molar refractivity (Wildman–Crippen MR) is 57.1 cm³/mol. The molecule has 0 heterocycles. The van der Waals surface area contributed by atoms with E-state index in [1.807, 2.05) is 0 Å². The predicted octanol–water partition coefficient (Wildman–Crippen LogP) is 3.17. The number of hydrogen-bond acceptors (Lipinski definition) is 2. The molecule has 1 rings (SSSR count). The Morgan fingerprint density at radius 2 is 2.21 bits per heavy atom. The van der Waals surface area contributed by atoms with Crippen molar-refractivity contribution < 1.29 is 9.53 Å². The van der Waals surface area contributed by atoms with E-state index in [9.17, 15) is 4.79 Å². The average Bonchev–Trinajstić information content (AvgIpc) is 2.17. The van der Waals surface area contributed by atoms with Gasteiger partial charge in [0, 0.05) is 11.1 Å². The van der Waals surface area contributed by atoms with Gasteiger partial charge >= 0.3 is 5.97 Å². The Morgan fingerprint density at radius 1 is 1.50 bits per heavy atom. The summed E-state index contributed by atoms with van der Waals surface area (Å²) >= 11 is 6.02. The van der Waals surface area contributed by atoms with Crippen LogP contribution in [0.5, 0.6) is 0 Å². The third-order valence-corrected chi connectivity index (χ3v) is 2.58. The molecule has 0 aromatic carbocycles. The summed E-state index contributed by atoms with van der Waals surface area (Å²) < 4.78 is 4.78. The van der Waals surface area contributed by atoms with E-state index < -0.39 is 0 Å². The van der Waals surface area contributed by atoms with E-state index in [1.54, 1.807) is 13.0 Å². The molecule has 78 valence electrons. The lowest BCUT2D eigenvalue weighted by molar-refractivity contribution is -0.137. The van der Waals surface area contributed by atoms with Gasteiger partial charge in [0.05, 0.1) is 6.61 Å². The summed E-state index contributed by atoms with van der Waals surface area (Å²) in [6.45, 7) is 2.20. The summed E-state index contributed by atoms with van der Waals surface area (Å²) in [5, 5.41) is 0.886. The topological polar surface area (TPSA) is 26.3 Å². The van der Waals surface area contributed by atoms with E-state index in [-0.39, 0.29) is 5.97 Å². The van der Waals surface area contributed by atoms with Crippen LogP contribution in [0.4, 0.5) is 0 Å². The highest BCUT2D eigenvalue weighted by atomic mass is 35.5. The van der Waals surface area contributed by atoms with Gasteiger partial charge in [-0.3, -0.25) is 0 Å². The Morgan fingerprint density at radius 3 is 2.86 bits per heavy atom. The standard InChI is InChI=1S/C11H15ClO2/c1-2-14-11(13)8-7-9-5-3-4-6-10(9)12/h7-8H,2-6H2,1H3/b8-7+. The normalized spacial score (nSPS) is 17.6. The highest BCUT2D eigenvalue weighted by Crippen LogP contribution is 2.27. The van der Waals surface area contributed by atoms with Gasteiger partial charge in [0.2, 0.25) is 0 Å². The molecule has 0 N–H and O–H groups in total. The summed E-state index contributed by atoms with van der Waals surface area (Å²) in [5.74, 6) is -0.296. The van der Waals surface area contributed by atoms with Gasteiger partial charge in [-0.05, 0) is 38.2 Å². The molecule has 0 aromatic heterocycles. The number of carbonyl (C=O) groups excluding carboxylic acids is 1. The molecule has 0 atom stereocenters. The van der Waals surface area contributed by atoms with Crippen LogP contribution < -0.4 is 0 Å². The summed E-state index contributed by atoms with van der Waals surface area (Å²) in [6, 6.07) is 0. The van der Waals surface area contributed by atoms with Crippen LogP contribution in [-0.2, 0) is 9.53 Å². The highest BCUT2D eigenvalue weighted by Gasteiger charge is 2.08. The Bertz CT molecular complexity index is 266. The molecule has 1 aliphatic rings. The Labute approximate surface area is 89.6 Å². The Kier molecular flexibility index (Phi) is 4.74. The zero-order valence-electron chi connectivity index (χ0n) is 8.38. The maximum absolute atomic E-state index is 11.0. The fraction of sp³-hybridized carbons (Fsp3) is 0.545. The fourth-order valence-corrected chi connectivity index (χ4v) is 1.72. The van der Waals surface area contributed by atoms with E-state index in [4.69, 9.17) is 16.3 Å². The van der Waals surface area contributed by atoms with E-state index in [2.05, 4.69) is 0 Å². The average molecular weight is 215 g/mol. The SMILES string of the molecule is CCOC(=O)/C=C/C1=C(Cl)CCCC1. The van der Waals surface area contributed by atoms with Crippen molar-refractivity contribution >= 4 is 17.6 Å². The molecule has 3 heteroatoms. The van der Waals surface area contributed by atoms with Gasteiger partial charge in [-0.15, -0.1) is 0 Å². The molecule has 0 saturated heterocycles. The summed E-state index contributed by atoms with van der Waals surface area (Å²) in [4.78, 5) is 11.0. The molecule has 2 nitrogen and oxygen atoms in total. The molecule has 0 fully saturated rings. The van der Waals surface area contributed by atoms with Crippen LogP contribution in [0.3, 0.4) is 0 Å². The van der Waals surface area contributed by atoms with Crippen LogP contribution in [-0.4, -0.2) is 12.6 Å². The molecule has 0 amide bonds. The first-order chi connectivity index (χ1) is 6.74. The Balaban J connectivity index is 2.53. The molecule has 0 spiro atoms. The number of rotatable bonds is 3. The van der Waals surface area contributed by atoms with Crippen LogP contribution >= 0.6 is 11.6 Å². The highest BCUT2D eigenvalue weighted by molar-refractivity contribution is 6.30. The van der Waals surface area contributed by atoms with Crippen molar-refractivity contribution in [1.82, 2.24) is 0 Å². The fourth-order valence-electron chi connectivity index (χ4n) is 1.42. The molecular weight excluding hydrogens is 200 g/mol. The third kappa shape index (κ3) is 3.54. The van der Waals surface area contributed by atoms with Crippen molar-refractivity contribution in [1.29, 1.82) is 0 Å². The first kappa shape index (κ1) is 11.3. The van der Waals surface area contributed by atoms with Crippen LogP contribution in [0.15, 0.2) is 22.8 Å². The number of allylic oxidation sites excluding steroid dienone is 3. The number of hydrogen-bond donors (Lipinski definition) is 0. The largest absolute Gasteiger partial charge is 0.463 e. The Hall–Kier alpha value is -0.760. The molecule has 0 aromatic rings. The van der Waals surface area contributed by atoms with E-state index in [1.165, 1.54) is 6.08 Å². The van der Waals surface area contributed by atoms with Crippen molar-refractivity contribution in [3.63, 3.8) is 0 Å². The molecule has 14 heavy (non-hydrogen) atoms. The lowest BCUT2D eigenvalue weighted by atomic mass is 9.99. The number of esters is 1. The second-order valence-corrected chi connectivity index (χ2v) is 3.68. The minimum Gasteiger partial charge on any atom is -0.463 e. The summed E-state index contributed by atoms with van der Waals surface area (Å²) in [5.41, 5.74) is 1.07. The smallest absolute Gasteiger partial charge is 0.330 e. The maximum atomic E-state index is 11.0. The van der Waals surface area contributed by atoms with Crippen LogP contribution in [0.2, 0.25) is 0 Å². The van der Waals surface area contributed by atoms with Crippen molar-refractivity contribution in [3.05, 3.63) is 22.8 Å². The van der Waals surface area contributed by atoms with E-state index >= 15 is 0 Å². The van der Waals surface area contributed by atoms with Gasteiger partial charge in [-0.1, -0.05) is 17.7 Å². The van der Waals surface area contributed by atoms with E-state index in [0.29, 0.717) is 6.61 Å². The number of ether oxygens (including phenoxy) is 1. The third-order valence-electron chi connectivity index (χ3n) is 2.15. The van der Waals surface area contributed by atoms with Crippen LogP contribution in [0.25, 0.3) is 0 Å². The zero-order chi connectivity index (χ0) is 10.4. The van der Waals surface area contributed by atoms with Gasteiger partial charge in [0.15, 0.2) is 0 Å². The zero-order valence-corrected chi connectivity index (χ0v) is 9.14.